The average Bonchev–Trinajstić information content (AvgIpc) is 2.23. The van der Waals surface area contributed by atoms with Crippen LogP contribution >= 0.6 is 0 Å². The van der Waals surface area contributed by atoms with Gasteiger partial charge in [0.05, 0.1) is 6.10 Å². The zero-order chi connectivity index (χ0) is 10.9. The molecule has 0 saturated heterocycles. The minimum atomic E-state index is -1.46. The summed E-state index contributed by atoms with van der Waals surface area (Å²) in [5.41, 5.74) is 2.36. The summed E-state index contributed by atoms with van der Waals surface area (Å²) < 4.78 is 6.38. The van der Waals surface area contributed by atoms with Gasteiger partial charge in [0.25, 0.3) is 0 Å². The maximum Gasteiger partial charge on any atom is 0.211 e. The molecule has 86 valence electrons. The molecule has 0 aromatic rings. The van der Waals surface area contributed by atoms with Crippen molar-refractivity contribution in [2.75, 3.05) is 0 Å². The van der Waals surface area contributed by atoms with Gasteiger partial charge >= 0.3 is 0 Å². The van der Waals surface area contributed by atoms with Crippen LogP contribution in [-0.2, 0) is 4.43 Å². The van der Waals surface area contributed by atoms with Crippen molar-refractivity contribution in [3.05, 3.63) is 11.8 Å². The van der Waals surface area contributed by atoms with Crippen LogP contribution in [0, 0.1) is 11.8 Å². The van der Waals surface area contributed by atoms with Crippen LogP contribution in [0.4, 0.5) is 0 Å². The number of hydrogen-bond donors (Lipinski definition) is 0. The van der Waals surface area contributed by atoms with Crippen LogP contribution in [0.5, 0.6) is 0 Å². The van der Waals surface area contributed by atoms with Crippen molar-refractivity contribution in [1.82, 2.24) is 0 Å². The summed E-state index contributed by atoms with van der Waals surface area (Å²) in [6, 6.07) is 0. The maximum atomic E-state index is 6.38. The summed E-state index contributed by atoms with van der Waals surface area (Å²) in [6.07, 6.45) is 10.0. The van der Waals surface area contributed by atoms with Gasteiger partial charge in [-0.25, -0.2) is 0 Å². The van der Waals surface area contributed by atoms with Crippen LogP contribution in [0.2, 0.25) is 13.1 Å². The van der Waals surface area contributed by atoms with Gasteiger partial charge in [-0.05, 0) is 37.8 Å². The summed E-state index contributed by atoms with van der Waals surface area (Å²) >= 11 is 0. The van der Waals surface area contributed by atoms with Crippen LogP contribution in [-0.4, -0.2) is 14.4 Å². The summed E-state index contributed by atoms with van der Waals surface area (Å²) in [7, 11) is -1.46. The topological polar surface area (TPSA) is 9.23 Å². The Labute approximate surface area is 95.0 Å². The van der Waals surface area contributed by atoms with E-state index < -0.39 is 8.32 Å². The van der Waals surface area contributed by atoms with Crippen molar-refractivity contribution in [3.8, 4) is 0 Å². The highest BCUT2D eigenvalue weighted by atomic mass is 28.4. The highest BCUT2D eigenvalue weighted by Crippen LogP contribution is 2.35. The molecule has 0 aromatic carbocycles. The molecular weight excluding hydrogens is 200 g/mol. The molecule has 1 heterocycles. The first-order chi connectivity index (χ1) is 7.08. The van der Waals surface area contributed by atoms with Gasteiger partial charge in [0.2, 0.25) is 8.32 Å². The Hall–Kier alpha value is -0.0831. The third-order valence-electron chi connectivity index (χ3n) is 3.87. The van der Waals surface area contributed by atoms with Crippen LogP contribution in [0.1, 0.15) is 39.0 Å². The lowest BCUT2D eigenvalue weighted by Crippen LogP contribution is -2.44. The lowest BCUT2D eigenvalue weighted by Gasteiger charge is -2.40. The zero-order valence-corrected chi connectivity index (χ0v) is 11.3. The summed E-state index contributed by atoms with van der Waals surface area (Å²) in [5, 5.41) is 0. The summed E-state index contributed by atoms with van der Waals surface area (Å²) in [6.45, 7) is 6.94. The normalized spacial score (nSPS) is 36.7. The predicted octanol–water partition coefficient (Wildman–Crippen LogP) is 3.90. The first-order valence-electron chi connectivity index (χ1n) is 6.46. The molecule has 0 aromatic heterocycles. The quantitative estimate of drug-likeness (QED) is 0.614. The molecule has 0 N–H and O–H groups in total. The van der Waals surface area contributed by atoms with Gasteiger partial charge in [-0.3, -0.25) is 0 Å². The highest BCUT2D eigenvalue weighted by molar-refractivity contribution is 6.76. The summed E-state index contributed by atoms with van der Waals surface area (Å²) in [4.78, 5) is 0. The van der Waals surface area contributed by atoms with E-state index in [2.05, 4.69) is 31.8 Å². The van der Waals surface area contributed by atoms with E-state index in [1.807, 2.05) is 0 Å². The number of hydrogen-bond acceptors (Lipinski definition) is 1. The van der Waals surface area contributed by atoms with E-state index >= 15 is 0 Å². The van der Waals surface area contributed by atoms with E-state index in [0.29, 0.717) is 12.0 Å². The van der Waals surface area contributed by atoms with Crippen LogP contribution in [0.3, 0.4) is 0 Å². The zero-order valence-electron chi connectivity index (χ0n) is 10.3. The Morgan fingerprint density at radius 1 is 1.13 bits per heavy atom. The average molecular weight is 224 g/mol. The molecule has 2 heteroatoms. The first-order valence-corrected chi connectivity index (χ1v) is 9.44. The third-order valence-corrected chi connectivity index (χ3v) is 5.75. The van der Waals surface area contributed by atoms with Crippen LogP contribution in [0.15, 0.2) is 11.8 Å². The lowest BCUT2D eigenvalue weighted by molar-refractivity contribution is 0.0682. The molecular formula is C13H24OSi. The van der Waals surface area contributed by atoms with Crippen LogP contribution < -0.4 is 0 Å². The largest absolute Gasteiger partial charge is 0.410 e. The molecule has 2 atom stereocenters. The Morgan fingerprint density at radius 2 is 1.80 bits per heavy atom. The molecule has 0 unspecified atom stereocenters. The Bertz CT molecular complexity index is 241. The molecule has 0 amide bonds. The van der Waals surface area contributed by atoms with Crippen molar-refractivity contribution >= 4 is 8.32 Å². The van der Waals surface area contributed by atoms with E-state index in [1.165, 1.54) is 32.1 Å². The van der Waals surface area contributed by atoms with Crippen molar-refractivity contribution in [3.63, 3.8) is 0 Å². The molecule has 1 nitrogen and oxygen atoms in total. The standard InChI is InChI=1S/C13H24OSi/c1-11-9-10-15(2,3)14-13(11)12-7-5-4-6-8-12/h9-13H,4-8H2,1-3H3/t11-,13-/m1/s1. The maximum absolute atomic E-state index is 6.38. The second kappa shape index (κ2) is 4.42. The van der Waals surface area contributed by atoms with E-state index in [1.54, 1.807) is 0 Å². The third kappa shape index (κ3) is 2.73. The fourth-order valence-corrected chi connectivity index (χ4v) is 4.93. The van der Waals surface area contributed by atoms with Gasteiger partial charge in [0, 0.05) is 0 Å². The molecule has 0 bridgehead atoms. The van der Waals surface area contributed by atoms with Crippen LogP contribution in [0.25, 0.3) is 0 Å². The van der Waals surface area contributed by atoms with Gasteiger partial charge in [-0.2, -0.15) is 0 Å². The first kappa shape index (κ1) is 11.4. The van der Waals surface area contributed by atoms with E-state index in [4.69, 9.17) is 4.43 Å². The van der Waals surface area contributed by atoms with Gasteiger partial charge in [-0.1, -0.05) is 38.0 Å². The fourth-order valence-electron chi connectivity index (χ4n) is 2.98. The van der Waals surface area contributed by atoms with Gasteiger partial charge < -0.3 is 4.43 Å². The molecule has 1 aliphatic carbocycles. The molecule has 1 aliphatic heterocycles. The van der Waals surface area contributed by atoms with E-state index in [-0.39, 0.29) is 0 Å². The van der Waals surface area contributed by atoms with Crippen molar-refractivity contribution in [2.24, 2.45) is 11.8 Å². The second-order valence-electron chi connectivity index (χ2n) is 5.80. The molecule has 15 heavy (non-hydrogen) atoms. The van der Waals surface area contributed by atoms with Crippen molar-refractivity contribution in [1.29, 1.82) is 0 Å². The predicted molar refractivity (Wildman–Crippen MR) is 67.2 cm³/mol. The minimum Gasteiger partial charge on any atom is -0.410 e. The van der Waals surface area contributed by atoms with E-state index in [9.17, 15) is 0 Å². The monoisotopic (exact) mass is 224 g/mol. The van der Waals surface area contributed by atoms with Crippen molar-refractivity contribution < 1.29 is 4.43 Å². The Morgan fingerprint density at radius 3 is 2.47 bits per heavy atom. The molecule has 2 aliphatic rings. The van der Waals surface area contributed by atoms with E-state index in [0.717, 1.165) is 5.92 Å². The molecule has 2 rings (SSSR count). The molecule has 1 saturated carbocycles. The molecule has 0 radical (unpaired) electrons. The highest BCUT2D eigenvalue weighted by Gasteiger charge is 2.35. The lowest BCUT2D eigenvalue weighted by atomic mass is 9.81. The van der Waals surface area contributed by atoms with Gasteiger partial charge in [-0.15, -0.1) is 0 Å². The second-order valence-corrected chi connectivity index (χ2v) is 9.58. The SMILES string of the molecule is C[C@@H]1C=C[Si](C)(C)O[C@H]1C1CCCCC1. The van der Waals surface area contributed by atoms with Gasteiger partial charge in [0.1, 0.15) is 0 Å². The Kier molecular flexibility index (Phi) is 3.36. The van der Waals surface area contributed by atoms with Crippen molar-refractivity contribution in [2.45, 2.75) is 58.2 Å². The Balaban J connectivity index is 2.04. The van der Waals surface area contributed by atoms with Gasteiger partial charge in [0.15, 0.2) is 0 Å². The number of rotatable bonds is 1. The molecule has 0 spiro atoms. The molecule has 1 fully saturated rings. The fraction of sp³-hybridized carbons (Fsp3) is 0.846. The smallest absolute Gasteiger partial charge is 0.211 e. The minimum absolute atomic E-state index is 0.525. The summed E-state index contributed by atoms with van der Waals surface area (Å²) in [5.74, 6) is 1.47.